The third-order valence-corrected chi connectivity index (χ3v) is 6.96. The summed E-state index contributed by atoms with van der Waals surface area (Å²) in [6.45, 7) is 2.03. The molecular weight excluding hydrogens is 232 g/mol. The van der Waals surface area contributed by atoms with Crippen LogP contribution in [0.3, 0.4) is 0 Å². The van der Waals surface area contributed by atoms with Crippen molar-refractivity contribution in [1.29, 1.82) is 0 Å². The van der Waals surface area contributed by atoms with E-state index < -0.39 is 0 Å². The Bertz CT molecular complexity index is 566. The van der Waals surface area contributed by atoms with E-state index in [1.807, 2.05) is 6.92 Å². The molecule has 0 aliphatic heterocycles. The molecule has 2 saturated carbocycles. The molecule has 1 spiro atoms. The molecule has 4 bridgehead atoms. The van der Waals surface area contributed by atoms with Crippen molar-refractivity contribution in [3.8, 4) is 0 Å². The van der Waals surface area contributed by atoms with Crippen molar-refractivity contribution in [2.75, 3.05) is 0 Å². The Morgan fingerprint density at radius 2 is 1.95 bits per heavy atom. The summed E-state index contributed by atoms with van der Waals surface area (Å²) < 4.78 is 0. The van der Waals surface area contributed by atoms with Crippen LogP contribution in [0.15, 0.2) is 36.0 Å². The van der Waals surface area contributed by atoms with Gasteiger partial charge in [-0.15, -0.1) is 0 Å². The zero-order chi connectivity index (χ0) is 12.8. The highest BCUT2D eigenvalue weighted by atomic mass is 16.1. The van der Waals surface area contributed by atoms with Gasteiger partial charge >= 0.3 is 0 Å². The van der Waals surface area contributed by atoms with E-state index >= 15 is 0 Å². The van der Waals surface area contributed by atoms with E-state index in [9.17, 15) is 4.79 Å². The summed E-state index contributed by atoms with van der Waals surface area (Å²) in [7, 11) is 0. The first-order valence-electron chi connectivity index (χ1n) is 7.82. The minimum Gasteiger partial charge on any atom is -0.294 e. The highest BCUT2D eigenvalue weighted by molar-refractivity contribution is 5.99. The smallest absolute Gasteiger partial charge is 0.165 e. The maximum atomic E-state index is 12.8. The number of carbonyl (C=O) groups is 1. The minimum absolute atomic E-state index is 0.169. The van der Waals surface area contributed by atoms with Gasteiger partial charge < -0.3 is 0 Å². The zero-order valence-electron chi connectivity index (χ0n) is 11.4. The molecule has 1 nitrogen and oxygen atoms in total. The fourth-order valence-corrected chi connectivity index (χ4v) is 6.45. The van der Waals surface area contributed by atoms with E-state index in [0.29, 0.717) is 23.5 Å². The van der Waals surface area contributed by atoms with Crippen LogP contribution in [0, 0.1) is 40.9 Å². The van der Waals surface area contributed by atoms with Crippen LogP contribution in [0.1, 0.15) is 26.2 Å². The molecule has 1 heteroatoms. The van der Waals surface area contributed by atoms with Gasteiger partial charge in [0.05, 0.1) is 0 Å². The van der Waals surface area contributed by atoms with Gasteiger partial charge in [-0.3, -0.25) is 4.79 Å². The lowest BCUT2D eigenvalue weighted by Crippen LogP contribution is -2.49. The largest absolute Gasteiger partial charge is 0.294 e. The molecule has 0 amide bonds. The quantitative estimate of drug-likeness (QED) is 0.603. The van der Waals surface area contributed by atoms with Gasteiger partial charge in [-0.1, -0.05) is 30.4 Å². The lowest BCUT2D eigenvalue weighted by atomic mass is 9.52. The van der Waals surface area contributed by atoms with Gasteiger partial charge in [-0.25, -0.2) is 0 Å². The third kappa shape index (κ3) is 0.978. The molecular formula is C18H20O. The molecule has 0 N–H and O–H groups in total. The fourth-order valence-electron chi connectivity index (χ4n) is 6.45. The number of hydrogen-bond donors (Lipinski definition) is 0. The molecule has 6 aliphatic rings. The second-order valence-electron chi connectivity index (χ2n) is 7.36. The summed E-state index contributed by atoms with van der Waals surface area (Å²) in [4.78, 5) is 12.8. The maximum absolute atomic E-state index is 12.8. The van der Waals surface area contributed by atoms with Gasteiger partial charge in [0.25, 0.3) is 0 Å². The van der Waals surface area contributed by atoms with E-state index in [4.69, 9.17) is 0 Å². The Labute approximate surface area is 114 Å². The molecule has 7 atom stereocenters. The van der Waals surface area contributed by atoms with E-state index in [1.54, 1.807) is 0 Å². The first-order chi connectivity index (χ1) is 9.23. The van der Waals surface area contributed by atoms with Gasteiger partial charge in [0.2, 0.25) is 0 Å². The number of hydrogen-bond acceptors (Lipinski definition) is 1. The van der Waals surface area contributed by atoms with Crippen molar-refractivity contribution in [3.63, 3.8) is 0 Å². The van der Waals surface area contributed by atoms with E-state index in [0.717, 1.165) is 17.4 Å². The van der Waals surface area contributed by atoms with Crippen molar-refractivity contribution in [3.05, 3.63) is 36.0 Å². The Kier molecular flexibility index (Phi) is 1.76. The van der Waals surface area contributed by atoms with Gasteiger partial charge in [-0.05, 0) is 55.4 Å². The van der Waals surface area contributed by atoms with E-state index in [1.165, 1.54) is 19.3 Å². The van der Waals surface area contributed by atoms with Crippen molar-refractivity contribution in [2.45, 2.75) is 26.2 Å². The van der Waals surface area contributed by atoms with Crippen LogP contribution in [0.2, 0.25) is 0 Å². The Morgan fingerprint density at radius 3 is 2.84 bits per heavy atom. The summed E-state index contributed by atoms with van der Waals surface area (Å²) in [6, 6.07) is 0. The molecule has 6 aliphatic carbocycles. The van der Waals surface area contributed by atoms with Crippen LogP contribution >= 0.6 is 0 Å². The van der Waals surface area contributed by atoms with Gasteiger partial charge in [0, 0.05) is 17.3 Å². The molecule has 0 aromatic carbocycles. The highest BCUT2D eigenvalue weighted by Crippen LogP contribution is 2.72. The summed E-state index contributed by atoms with van der Waals surface area (Å²) >= 11 is 0. The number of allylic oxidation sites excluding steroid dienone is 6. The van der Waals surface area contributed by atoms with Crippen LogP contribution in [-0.2, 0) is 4.79 Å². The van der Waals surface area contributed by atoms with Gasteiger partial charge in [-0.2, -0.15) is 0 Å². The number of Topliss-reactive ketones (excluding diaryl/α,β-unsaturated/α-hetero) is 1. The standard InChI is InChI=1S/C18H20O/c1-10-8-11-3-5-16(17(10)19)18-13-4-2-12(9-13)15(18)7-6-14(11)18/h3,5-8,11-16H,2,4,9H2,1H3/t11-,12+,13+,14+,15+,16+,18+/m1/s1. The van der Waals surface area contributed by atoms with Crippen LogP contribution < -0.4 is 0 Å². The predicted molar refractivity (Wildman–Crippen MR) is 74.3 cm³/mol. The molecule has 98 valence electrons. The molecule has 19 heavy (non-hydrogen) atoms. The zero-order valence-corrected chi connectivity index (χ0v) is 11.4. The van der Waals surface area contributed by atoms with Gasteiger partial charge in [0.15, 0.2) is 5.78 Å². The SMILES string of the molecule is CC1=C[C@H]2C=C[C@@H](C1=O)[C@]13[C@H]4CC[C@@H](C4)[C@@H]1C=C[C@@H]23. The Balaban J connectivity index is 1.76. The average Bonchev–Trinajstić information content (AvgIpc) is 3.05. The number of ketones is 1. The second-order valence-corrected chi connectivity index (χ2v) is 7.36. The van der Waals surface area contributed by atoms with E-state index in [-0.39, 0.29) is 11.3 Å². The molecule has 0 aromatic rings. The highest BCUT2D eigenvalue weighted by Gasteiger charge is 2.68. The predicted octanol–water partition coefficient (Wildman–Crippen LogP) is 3.54. The molecule has 6 rings (SSSR count). The lowest BCUT2D eigenvalue weighted by molar-refractivity contribution is -0.125. The molecule has 0 radical (unpaired) electrons. The average molecular weight is 252 g/mol. The Hall–Kier alpha value is -1.11. The summed E-state index contributed by atoms with van der Waals surface area (Å²) in [6.07, 6.45) is 15.9. The number of carbonyl (C=O) groups excluding carboxylic acids is 1. The summed E-state index contributed by atoms with van der Waals surface area (Å²) in [5, 5.41) is 0. The minimum atomic E-state index is 0.169. The van der Waals surface area contributed by atoms with Crippen LogP contribution in [0.5, 0.6) is 0 Å². The molecule has 0 saturated heterocycles. The summed E-state index contributed by atoms with van der Waals surface area (Å²) in [5.41, 5.74) is 1.28. The van der Waals surface area contributed by atoms with E-state index in [2.05, 4.69) is 30.4 Å². The van der Waals surface area contributed by atoms with Crippen molar-refractivity contribution in [2.24, 2.45) is 40.9 Å². The number of rotatable bonds is 0. The lowest BCUT2D eigenvalue weighted by Gasteiger charge is -2.50. The topological polar surface area (TPSA) is 17.1 Å². The normalized spacial score (nSPS) is 56.3. The van der Waals surface area contributed by atoms with Gasteiger partial charge in [0.1, 0.15) is 0 Å². The number of fused-ring (bicyclic) bond motifs is 4. The maximum Gasteiger partial charge on any atom is 0.165 e. The molecule has 0 aromatic heterocycles. The van der Waals surface area contributed by atoms with Crippen molar-refractivity contribution < 1.29 is 4.79 Å². The first-order valence-corrected chi connectivity index (χ1v) is 7.82. The second kappa shape index (κ2) is 3.13. The molecule has 0 heterocycles. The summed E-state index contributed by atoms with van der Waals surface area (Å²) in [5.74, 6) is 4.02. The fraction of sp³-hybridized carbons (Fsp3) is 0.611. The monoisotopic (exact) mass is 252 g/mol. The first kappa shape index (κ1) is 10.7. The van der Waals surface area contributed by atoms with Crippen LogP contribution in [-0.4, -0.2) is 5.78 Å². The molecule has 0 unspecified atom stereocenters. The molecule has 2 fully saturated rings. The van der Waals surface area contributed by atoms with Crippen molar-refractivity contribution in [1.82, 2.24) is 0 Å². The third-order valence-electron chi connectivity index (χ3n) is 6.96. The van der Waals surface area contributed by atoms with Crippen molar-refractivity contribution >= 4 is 5.78 Å². The van der Waals surface area contributed by atoms with Crippen LogP contribution in [0.25, 0.3) is 0 Å². The Morgan fingerprint density at radius 1 is 1.11 bits per heavy atom. The van der Waals surface area contributed by atoms with Crippen LogP contribution in [0.4, 0.5) is 0 Å².